The number of anilines is 1. The molecule has 0 radical (unpaired) electrons. The van der Waals surface area contributed by atoms with E-state index >= 15 is 0 Å². The lowest BCUT2D eigenvalue weighted by Crippen LogP contribution is -2.33. The summed E-state index contributed by atoms with van der Waals surface area (Å²) >= 11 is 1.96. The number of thioether (sulfide) groups is 1. The van der Waals surface area contributed by atoms with E-state index in [0.29, 0.717) is 18.1 Å². The average molecular weight is 374 g/mol. The third-order valence-corrected chi connectivity index (χ3v) is 5.51. The highest BCUT2D eigenvalue weighted by Gasteiger charge is 2.18. The molecule has 4 heterocycles. The number of ether oxygens (including phenoxy) is 1. The highest BCUT2D eigenvalue weighted by atomic mass is 32.2. The largest absolute Gasteiger partial charge is 0.376 e. The minimum Gasteiger partial charge on any atom is -0.376 e. The first-order valence-electron chi connectivity index (χ1n) is 8.88. The van der Waals surface area contributed by atoms with Crippen LogP contribution < -0.4 is 10.2 Å². The number of carbonyl (C=O) groups is 1. The first-order valence-corrected chi connectivity index (χ1v) is 10.0. The van der Waals surface area contributed by atoms with Crippen molar-refractivity contribution in [2.24, 2.45) is 0 Å². The van der Waals surface area contributed by atoms with Gasteiger partial charge in [0.1, 0.15) is 30.0 Å². The molecular formula is C17H22N6O2S. The molecule has 1 atom stereocenters. The summed E-state index contributed by atoms with van der Waals surface area (Å²) in [7, 11) is 0. The molecule has 8 nitrogen and oxygen atoms in total. The molecule has 9 heteroatoms. The van der Waals surface area contributed by atoms with Crippen LogP contribution in [0.3, 0.4) is 0 Å². The van der Waals surface area contributed by atoms with Gasteiger partial charge in [0.25, 0.3) is 5.91 Å². The summed E-state index contributed by atoms with van der Waals surface area (Å²) in [6, 6.07) is 1.94. The van der Waals surface area contributed by atoms with E-state index in [2.05, 4.69) is 25.2 Å². The minimum atomic E-state index is -0.193. The van der Waals surface area contributed by atoms with Crippen LogP contribution >= 0.6 is 11.8 Å². The van der Waals surface area contributed by atoms with Crippen LogP contribution in [0.1, 0.15) is 23.3 Å². The Balaban J connectivity index is 1.42. The number of hydrogen-bond donors (Lipinski definition) is 1. The van der Waals surface area contributed by atoms with Crippen LogP contribution in [0, 0.1) is 0 Å². The quantitative estimate of drug-likeness (QED) is 0.839. The van der Waals surface area contributed by atoms with E-state index in [9.17, 15) is 4.79 Å². The second kappa shape index (κ2) is 8.05. The summed E-state index contributed by atoms with van der Waals surface area (Å²) in [6.07, 6.45) is 7.04. The van der Waals surface area contributed by atoms with Crippen LogP contribution in [0.15, 0.2) is 24.9 Å². The molecule has 2 aromatic heterocycles. The minimum absolute atomic E-state index is 0.119. The number of carbonyl (C=O) groups excluding carboxylic acids is 1. The van der Waals surface area contributed by atoms with Gasteiger partial charge in [-0.25, -0.2) is 15.0 Å². The van der Waals surface area contributed by atoms with Gasteiger partial charge in [0, 0.05) is 50.0 Å². The fourth-order valence-corrected chi connectivity index (χ4v) is 4.01. The number of aromatic nitrogens is 4. The second-order valence-electron chi connectivity index (χ2n) is 6.35. The third kappa shape index (κ3) is 3.99. The van der Waals surface area contributed by atoms with Gasteiger partial charge in [-0.3, -0.25) is 9.36 Å². The van der Waals surface area contributed by atoms with Gasteiger partial charge in [0.2, 0.25) is 0 Å². The van der Waals surface area contributed by atoms with Crippen molar-refractivity contribution in [1.29, 1.82) is 0 Å². The van der Waals surface area contributed by atoms with Crippen molar-refractivity contribution in [3.63, 3.8) is 0 Å². The molecular weight excluding hydrogens is 352 g/mol. The van der Waals surface area contributed by atoms with Crippen molar-refractivity contribution in [2.75, 3.05) is 42.6 Å². The average Bonchev–Trinajstić information content (AvgIpc) is 3.39. The molecule has 0 saturated carbocycles. The number of nitrogens with one attached hydrogen (secondary N) is 1. The molecule has 2 aliphatic heterocycles. The summed E-state index contributed by atoms with van der Waals surface area (Å²) < 4.78 is 7.28. The summed E-state index contributed by atoms with van der Waals surface area (Å²) in [4.78, 5) is 27.4. The Kier molecular flexibility index (Phi) is 5.35. The van der Waals surface area contributed by atoms with Crippen LogP contribution in [0.25, 0.3) is 5.82 Å². The fraction of sp³-hybridized carbons (Fsp3) is 0.529. The third-order valence-electron chi connectivity index (χ3n) is 4.57. The van der Waals surface area contributed by atoms with Crippen LogP contribution in [0.4, 0.5) is 5.82 Å². The number of hydrogen-bond acceptors (Lipinski definition) is 7. The van der Waals surface area contributed by atoms with Gasteiger partial charge in [0.15, 0.2) is 0 Å². The Morgan fingerprint density at radius 3 is 2.92 bits per heavy atom. The maximum absolute atomic E-state index is 12.3. The van der Waals surface area contributed by atoms with Crippen molar-refractivity contribution >= 4 is 23.5 Å². The van der Waals surface area contributed by atoms with Gasteiger partial charge < -0.3 is 15.0 Å². The van der Waals surface area contributed by atoms with Crippen molar-refractivity contribution in [1.82, 2.24) is 24.8 Å². The summed E-state index contributed by atoms with van der Waals surface area (Å²) in [5, 5.41) is 2.89. The molecule has 0 bridgehead atoms. The second-order valence-corrected chi connectivity index (χ2v) is 7.57. The number of nitrogens with zero attached hydrogens (tertiary/aromatic N) is 5. The van der Waals surface area contributed by atoms with E-state index in [1.54, 1.807) is 23.4 Å². The number of amides is 1. The molecule has 2 aromatic rings. The zero-order valence-electron chi connectivity index (χ0n) is 14.5. The first-order chi connectivity index (χ1) is 12.8. The van der Waals surface area contributed by atoms with Crippen molar-refractivity contribution in [3.05, 3.63) is 30.6 Å². The monoisotopic (exact) mass is 374 g/mol. The lowest BCUT2D eigenvalue weighted by molar-refractivity contribution is 0.0854. The molecule has 26 heavy (non-hydrogen) atoms. The van der Waals surface area contributed by atoms with Crippen LogP contribution in [0.5, 0.6) is 0 Å². The van der Waals surface area contributed by atoms with Gasteiger partial charge in [-0.15, -0.1) is 0 Å². The Bertz CT molecular complexity index is 755. The van der Waals surface area contributed by atoms with Gasteiger partial charge in [-0.1, -0.05) is 0 Å². The fourth-order valence-electron chi connectivity index (χ4n) is 3.11. The Hall–Kier alpha value is -2.13. The first kappa shape index (κ1) is 17.3. The Morgan fingerprint density at radius 1 is 1.27 bits per heavy atom. The highest BCUT2D eigenvalue weighted by molar-refractivity contribution is 7.99. The molecule has 2 aliphatic rings. The van der Waals surface area contributed by atoms with Crippen molar-refractivity contribution < 1.29 is 9.53 Å². The maximum Gasteiger partial charge on any atom is 0.271 e. The molecule has 0 spiro atoms. The van der Waals surface area contributed by atoms with E-state index in [-0.39, 0.29) is 12.0 Å². The van der Waals surface area contributed by atoms with Gasteiger partial charge in [-0.05, 0) is 12.8 Å². The maximum atomic E-state index is 12.3. The molecule has 2 fully saturated rings. The van der Waals surface area contributed by atoms with Gasteiger partial charge in [0.05, 0.1) is 6.10 Å². The van der Waals surface area contributed by atoms with Crippen LogP contribution in [0.2, 0.25) is 0 Å². The smallest absolute Gasteiger partial charge is 0.271 e. The SMILES string of the molecule is O=C(NC[C@H]1CCCO1)c1cn(-c2cc(N3CCSCC3)ncn2)cn1. The van der Waals surface area contributed by atoms with Crippen LogP contribution in [-0.4, -0.2) is 69.3 Å². The zero-order valence-corrected chi connectivity index (χ0v) is 15.3. The molecule has 0 unspecified atom stereocenters. The molecule has 1 amide bonds. The topological polar surface area (TPSA) is 85.2 Å². The summed E-state index contributed by atoms with van der Waals surface area (Å²) in [5.41, 5.74) is 0.373. The molecule has 2 saturated heterocycles. The molecule has 1 N–H and O–H groups in total. The van der Waals surface area contributed by atoms with E-state index in [1.165, 1.54) is 0 Å². The zero-order chi connectivity index (χ0) is 17.8. The van der Waals surface area contributed by atoms with Crippen LogP contribution in [-0.2, 0) is 4.74 Å². The van der Waals surface area contributed by atoms with E-state index in [0.717, 1.165) is 49.9 Å². The predicted molar refractivity (Wildman–Crippen MR) is 100.0 cm³/mol. The highest BCUT2D eigenvalue weighted by Crippen LogP contribution is 2.18. The van der Waals surface area contributed by atoms with E-state index < -0.39 is 0 Å². The lowest BCUT2D eigenvalue weighted by atomic mass is 10.2. The lowest BCUT2D eigenvalue weighted by Gasteiger charge is -2.27. The van der Waals surface area contributed by atoms with E-state index in [1.807, 2.05) is 17.8 Å². The Morgan fingerprint density at radius 2 is 2.12 bits per heavy atom. The number of rotatable bonds is 5. The van der Waals surface area contributed by atoms with Gasteiger partial charge in [-0.2, -0.15) is 11.8 Å². The van der Waals surface area contributed by atoms with Crippen molar-refractivity contribution in [2.45, 2.75) is 18.9 Å². The van der Waals surface area contributed by atoms with E-state index in [4.69, 9.17) is 4.74 Å². The summed E-state index contributed by atoms with van der Waals surface area (Å²) in [6.45, 7) is 3.28. The summed E-state index contributed by atoms with van der Waals surface area (Å²) in [5.74, 6) is 3.65. The molecule has 0 aliphatic carbocycles. The molecule has 0 aromatic carbocycles. The number of imidazole rings is 1. The normalized spacial score (nSPS) is 20.3. The van der Waals surface area contributed by atoms with Crippen molar-refractivity contribution in [3.8, 4) is 5.82 Å². The Labute approximate surface area is 156 Å². The molecule has 138 valence electrons. The van der Waals surface area contributed by atoms with Gasteiger partial charge >= 0.3 is 0 Å². The predicted octanol–water partition coefficient (Wildman–Crippen LogP) is 1.12. The molecule has 4 rings (SSSR count). The standard InChI is InChI=1S/C17H22N6O2S/c24-17(18-9-13-2-1-5-25-13)14-10-23(12-21-14)16-8-15(19-11-20-16)22-3-6-26-7-4-22/h8,10-13H,1-7,9H2,(H,18,24)/t13-/m1/s1.